The van der Waals surface area contributed by atoms with Crippen molar-refractivity contribution < 1.29 is 13.6 Å². The normalized spacial score (nSPS) is 12.0. The summed E-state index contributed by atoms with van der Waals surface area (Å²) in [7, 11) is -3.17. The van der Waals surface area contributed by atoms with E-state index in [0.717, 1.165) is 55.2 Å². The maximum Gasteiger partial charge on any atom is 0.357 e. The molecule has 266 valence electrons. The second-order valence-electron chi connectivity index (χ2n) is 13.2. The van der Waals surface area contributed by atoms with Crippen molar-refractivity contribution in [2.75, 3.05) is 19.8 Å². The zero-order chi connectivity index (χ0) is 34.0. The van der Waals surface area contributed by atoms with Crippen molar-refractivity contribution in [3.8, 4) is 0 Å². The lowest BCUT2D eigenvalue weighted by Crippen LogP contribution is -2.28. The van der Waals surface area contributed by atoms with Crippen LogP contribution in [-0.2, 0) is 19.1 Å². The van der Waals surface area contributed by atoms with Gasteiger partial charge in [-0.1, -0.05) is 208 Å². The molecule has 0 radical (unpaired) electrons. The molecule has 3 aromatic rings. The molecule has 0 aromatic heterocycles. The lowest BCUT2D eigenvalue weighted by atomic mass is 9.78. The number of hydrogen-bond acceptors (Lipinski definition) is 4. The molecule has 0 saturated heterocycles. The smallest absolute Gasteiger partial charge is 0.303 e. The molecule has 0 bridgehead atoms. The van der Waals surface area contributed by atoms with Crippen LogP contribution in [0.15, 0.2) is 95.7 Å². The first-order valence-electron chi connectivity index (χ1n) is 19.4. The molecule has 0 amide bonds. The Bertz CT molecular complexity index is 1090. The Morgan fingerprint density at radius 1 is 0.396 bits per heavy atom. The van der Waals surface area contributed by atoms with Crippen molar-refractivity contribution in [1.29, 1.82) is 0 Å². The molecule has 0 spiro atoms. The first-order chi connectivity index (χ1) is 23.7. The zero-order valence-electron chi connectivity index (χ0n) is 30.6. The summed E-state index contributed by atoms with van der Waals surface area (Å²) in [6, 6.07) is 32.0. The highest BCUT2D eigenvalue weighted by atomic mass is 31.2. The minimum absolute atomic E-state index is 0.588. The number of benzene rings is 3. The monoisotopic (exact) mass is 675 g/mol. The van der Waals surface area contributed by atoms with Gasteiger partial charge in [-0.05, 0) is 36.0 Å². The Labute approximate surface area is 294 Å². The van der Waals surface area contributed by atoms with Crippen molar-refractivity contribution >= 4 is 7.74 Å². The molecule has 0 aliphatic heterocycles. The van der Waals surface area contributed by atoms with Crippen LogP contribution in [0.2, 0.25) is 0 Å². The number of nitrogens with zero attached hydrogens (tertiary/aromatic N) is 1. The van der Waals surface area contributed by atoms with Crippen LogP contribution in [0.25, 0.3) is 0 Å². The predicted molar refractivity (Wildman–Crippen MR) is 207 cm³/mol. The molecule has 5 heteroatoms. The first kappa shape index (κ1) is 40.2. The van der Waals surface area contributed by atoms with Gasteiger partial charge in [0.05, 0.1) is 19.8 Å². The molecule has 0 unspecified atom stereocenters. The predicted octanol–water partition coefficient (Wildman–Crippen LogP) is 14.1. The van der Waals surface area contributed by atoms with E-state index in [2.05, 4.69) is 112 Å². The average Bonchev–Trinajstić information content (AvgIpc) is 3.14. The molecule has 0 heterocycles. The highest BCUT2D eigenvalue weighted by molar-refractivity contribution is 7.51. The fourth-order valence-electron chi connectivity index (χ4n) is 6.28. The van der Waals surface area contributed by atoms with Crippen LogP contribution in [-0.4, -0.2) is 19.8 Å². The molecule has 0 N–H and O–H groups in total. The van der Waals surface area contributed by atoms with Gasteiger partial charge in [-0.15, -0.1) is 0 Å². The van der Waals surface area contributed by atoms with Crippen LogP contribution in [0.4, 0.5) is 0 Å². The van der Waals surface area contributed by atoms with E-state index in [9.17, 15) is 0 Å². The van der Waals surface area contributed by atoms with Gasteiger partial charge >= 0.3 is 7.74 Å². The molecule has 0 saturated carbocycles. The fourth-order valence-corrected chi connectivity index (χ4v) is 8.47. The van der Waals surface area contributed by atoms with Crippen LogP contribution >= 0.6 is 7.74 Å². The van der Waals surface area contributed by atoms with Gasteiger partial charge in [0.15, 0.2) is 0 Å². The minimum Gasteiger partial charge on any atom is -0.303 e. The topological polar surface area (TPSA) is 40.0 Å². The maximum atomic E-state index is 6.95. The first-order valence-corrected chi connectivity index (χ1v) is 20.9. The second kappa shape index (κ2) is 24.8. The van der Waals surface area contributed by atoms with Crippen LogP contribution in [0, 0.1) is 0 Å². The molecule has 3 aromatic carbocycles. The number of rotatable bonds is 28. The van der Waals surface area contributed by atoms with E-state index in [1.807, 2.05) is 0 Å². The Morgan fingerprint density at radius 2 is 0.667 bits per heavy atom. The molecule has 0 aliphatic carbocycles. The van der Waals surface area contributed by atoms with Gasteiger partial charge in [0, 0.05) is 0 Å². The Balaban J connectivity index is 2.08. The van der Waals surface area contributed by atoms with Crippen LogP contribution in [0.5, 0.6) is 0 Å². The number of hydrogen-bond donors (Lipinski definition) is 0. The Hall–Kier alpha value is -2.23. The van der Waals surface area contributed by atoms with Gasteiger partial charge in [-0.3, -0.25) is 0 Å². The SMILES string of the molecule is CCCCCCCCOP(=NC(c1ccccc1)(c1ccccc1)c1ccccc1)(OCCCCCCCC)OCCCCCCCC. The van der Waals surface area contributed by atoms with Gasteiger partial charge in [0.1, 0.15) is 5.54 Å². The van der Waals surface area contributed by atoms with Gasteiger partial charge in [-0.25, -0.2) is 4.74 Å². The fraction of sp³-hybridized carbons (Fsp3) is 0.581. The molecule has 4 nitrogen and oxygen atoms in total. The third kappa shape index (κ3) is 13.9. The van der Waals surface area contributed by atoms with Gasteiger partial charge < -0.3 is 13.6 Å². The molecule has 0 atom stereocenters. The lowest BCUT2D eigenvalue weighted by molar-refractivity contribution is 0.138. The standard InChI is InChI=1S/C43H66NO3P/c1-4-7-10-13-16-28-37-45-48(46-38-29-17-14-11-8-5-2,47-39-30-18-15-12-9-6-3)44-43(40-31-22-19-23-32-40,41-33-24-20-25-34-41)42-35-26-21-27-36-42/h19-27,31-36H,4-18,28-30,37-39H2,1-3H3. The van der Waals surface area contributed by atoms with Crippen LogP contribution in [0.3, 0.4) is 0 Å². The largest absolute Gasteiger partial charge is 0.357 e. The summed E-state index contributed by atoms with van der Waals surface area (Å²) in [5.74, 6) is 0. The van der Waals surface area contributed by atoms with E-state index in [-0.39, 0.29) is 0 Å². The summed E-state index contributed by atoms with van der Waals surface area (Å²) in [6.07, 6.45) is 21.6. The minimum atomic E-state index is -3.17. The molecule has 0 fully saturated rings. The van der Waals surface area contributed by atoms with Gasteiger partial charge in [0.25, 0.3) is 0 Å². The summed E-state index contributed by atoms with van der Waals surface area (Å²) in [5.41, 5.74) is 2.39. The van der Waals surface area contributed by atoms with Crippen LogP contribution < -0.4 is 0 Å². The Morgan fingerprint density at radius 3 is 0.958 bits per heavy atom. The second-order valence-corrected chi connectivity index (χ2v) is 15.1. The quantitative estimate of drug-likeness (QED) is 0.0437. The summed E-state index contributed by atoms with van der Waals surface area (Å²) in [4.78, 5) is 0. The van der Waals surface area contributed by atoms with E-state index in [1.54, 1.807) is 0 Å². The zero-order valence-corrected chi connectivity index (χ0v) is 31.5. The van der Waals surface area contributed by atoms with Crippen molar-refractivity contribution in [1.82, 2.24) is 0 Å². The average molecular weight is 676 g/mol. The lowest BCUT2D eigenvalue weighted by Gasteiger charge is -2.36. The van der Waals surface area contributed by atoms with Gasteiger partial charge in [-0.2, -0.15) is 0 Å². The highest BCUT2D eigenvalue weighted by Gasteiger charge is 2.41. The Kier molecular flexibility index (Phi) is 20.8. The summed E-state index contributed by atoms with van der Waals surface area (Å²) < 4.78 is 26.7. The molecular weight excluding hydrogens is 609 g/mol. The van der Waals surface area contributed by atoms with Crippen molar-refractivity contribution in [2.45, 2.75) is 142 Å². The molecule has 3 rings (SSSR count). The van der Waals surface area contributed by atoms with Crippen molar-refractivity contribution in [3.63, 3.8) is 0 Å². The molecule has 48 heavy (non-hydrogen) atoms. The number of unbranched alkanes of at least 4 members (excludes halogenated alkanes) is 15. The summed E-state index contributed by atoms with van der Waals surface area (Å²) in [5, 5.41) is 0. The maximum absolute atomic E-state index is 6.95. The van der Waals surface area contributed by atoms with Crippen molar-refractivity contribution in [2.24, 2.45) is 4.74 Å². The van der Waals surface area contributed by atoms with E-state index >= 15 is 0 Å². The van der Waals surface area contributed by atoms with E-state index in [0.29, 0.717) is 19.8 Å². The van der Waals surface area contributed by atoms with Crippen molar-refractivity contribution in [3.05, 3.63) is 108 Å². The summed E-state index contributed by atoms with van der Waals surface area (Å²) >= 11 is 0. The van der Waals surface area contributed by atoms with E-state index in [4.69, 9.17) is 18.3 Å². The molecule has 0 aliphatic rings. The summed E-state index contributed by atoms with van der Waals surface area (Å²) in [6.45, 7) is 8.57. The third-order valence-corrected chi connectivity index (χ3v) is 11.2. The molecular formula is C43H66NO3P. The van der Waals surface area contributed by atoms with Gasteiger partial charge in [0.2, 0.25) is 0 Å². The third-order valence-electron chi connectivity index (χ3n) is 9.10. The van der Waals surface area contributed by atoms with Crippen LogP contribution in [0.1, 0.15) is 153 Å². The highest BCUT2D eigenvalue weighted by Crippen LogP contribution is 2.59. The van der Waals surface area contributed by atoms with E-state index < -0.39 is 13.3 Å². The van der Waals surface area contributed by atoms with E-state index in [1.165, 1.54) is 77.0 Å².